The lowest BCUT2D eigenvalue weighted by Crippen LogP contribution is -2.37. The van der Waals surface area contributed by atoms with E-state index in [1.807, 2.05) is 29.5 Å². The molecule has 1 atom stereocenters. The fourth-order valence-electron chi connectivity index (χ4n) is 2.57. The third-order valence-electron chi connectivity index (χ3n) is 3.65. The zero-order chi connectivity index (χ0) is 15.1. The van der Waals surface area contributed by atoms with E-state index in [-0.39, 0.29) is 24.7 Å². The molecule has 0 aliphatic carbocycles. The molecule has 112 valence electrons. The van der Waals surface area contributed by atoms with E-state index in [9.17, 15) is 14.0 Å². The number of rotatable bonds is 2. The first-order valence-corrected chi connectivity index (χ1v) is 7.70. The number of carbonyl (C=O) groups is 1. The molecule has 3 rings (SSSR count). The van der Waals surface area contributed by atoms with Crippen molar-refractivity contribution in [3.05, 3.63) is 32.1 Å². The van der Waals surface area contributed by atoms with Crippen LogP contribution in [0.1, 0.15) is 12.0 Å². The molecule has 1 aliphatic rings. The number of carbonyl (C=O) groups excluding carboxylic acids is 1. The zero-order valence-corrected chi connectivity index (χ0v) is 13.6. The number of imidazole rings is 1. The number of fused-ring (bicyclic) bond motifs is 1. The molecule has 2 aromatic rings. The quantitative estimate of drug-likeness (QED) is 0.702. The standard InChI is InChI=1S/C13H14FIN4O2/c1-8-5-18(7-11(20)17-3-2-9(14)6-17)13(21)19-10(15)4-16-12(8)19/h4-5,9H,2-3,6-7H2,1H3. The number of hydrogen-bond donors (Lipinski definition) is 0. The lowest BCUT2D eigenvalue weighted by atomic mass is 10.3. The van der Waals surface area contributed by atoms with Gasteiger partial charge in [0.1, 0.15) is 22.1 Å². The summed E-state index contributed by atoms with van der Waals surface area (Å²) in [5, 5.41) is 0. The Morgan fingerprint density at radius 3 is 3.00 bits per heavy atom. The molecule has 0 radical (unpaired) electrons. The minimum atomic E-state index is -0.954. The summed E-state index contributed by atoms with van der Waals surface area (Å²) in [4.78, 5) is 30.2. The van der Waals surface area contributed by atoms with Gasteiger partial charge < -0.3 is 4.90 Å². The van der Waals surface area contributed by atoms with Gasteiger partial charge in [0.2, 0.25) is 5.91 Å². The second-order valence-electron chi connectivity index (χ2n) is 5.19. The van der Waals surface area contributed by atoms with Crippen LogP contribution < -0.4 is 5.69 Å². The fraction of sp³-hybridized carbons (Fsp3) is 0.462. The van der Waals surface area contributed by atoms with Crippen LogP contribution in [0.3, 0.4) is 0 Å². The van der Waals surface area contributed by atoms with Crippen molar-refractivity contribution < 1.29 is 9.18 Å². The molecule has 21 heavy (non-hydrogen) atoms. The lowest BCUT2D eigenvalue weighted by Gasteiger charge is -2.16. The van der Waals surface area contributed by atoms with Gasteiger partial charge in [0.25, 0.3) is 0 Å². The topological polar surface area (TPSA) is 59.6 Å². The molecule has 8 heteroatoms. The molecule has 0 N–H and O–H groups in total. The average Bonchev–Trinajstić information content (AvgIpc) is 3.02. The molecule has 0 saturated carbocycles. The maximum atomic E-state index is 13.2. The van der Waals surface area contributed by atoms with Crippen LogP contribution in [0.25, 0.3) is 5.65 Å². The van der Waals surface area contributed by atoms with Crippen molar-refractivity contribution in [2.75, 3.05) is 13.1 Å². The van der Waals surface area contributed by atoms with E-state index in [2.05, 4.69) is 4.98 Å². The number of hydrogen-bond acceptors (Lipinski definition) is 3. The molecule has 1 aliphatic heterocycles. The number of amides is 1. The van der Waals surface area contributed by atoms with Gasteiger partial charge in [-0.1, -0.05) is 0 Å². The highest BCUT2D eigenvalue weighted by molar-refractivity contribution is 14.1. The Balaban J connectivity index is 1.94. The maximum absolute atomic E-state index is 13.2. The van der Waals surface area contributed by atoms with Crippen molar-refractivity contribution in [3.8, 4) is 0 Å². The first kappa shape index (κ1) is 14.5. The summed E-state index contributed by atoms with van der Waals surface area (Å²) in [6.07, 6.45) is 2.66. The average molecular weight is 404 g/mol. The summed E-state index contributed by atoms with van der Waals surface area (Å²) < 4.78 is 16.7. The molecule has 1 amide bonds. The minimum Gasteiger partial charge on any atom is -0.338 e. The molecular formula is C13H14FIN4O2. The van der Waals surface area contributed by atoms with Crippen LogP contribution in [0, 0.1) is 10.6 Å². The van der Waals surface area contributed by atoms with Gasteiger partial charge in [-0.25, -0.2) is 18.6 Å². The van der Waals surface area contributed by atoms with Crippen LogP contribution in [-0.4, -0.2) is 44.0 Å². The van der Waals surface area contributed by atoms with Crippen LogP contribution in [0.5, 0.6) is 0 Å². The first-order valence-electron chi connectivity index (χ1n) is 6.62. The highest BCUT2D eigenvalue weighted by atomic mass is 127. The monoisotopic (exact) mass is 404 g/mol. The summed E-state index contributed by atoms with van der Waals surface area (Å²) in [5.74, 6) is -0.230. The largest absolute Gasteiger partial charge is 0.338 e. The minimum absolute atomic E-state index is 0.0728. The summed E-state index contributed by atoms with van der Waals surface area (Å²) in [5.41, 5.74) is 1.11. The van der Waals surface area contributed by atoms with E-state index >= 15 is 0 Å². The molecular weight excluding hydrogens is 390 g/mol. The molecule has 0 spiro atoms. The van der Waals surface area contributed by atoms with Crippen LogP contribution in [0.15, 0.2) is 17.2 Å². The molecule has 0 bridgehead atoms. The van der Waals surface area contributed by atoms with E-state index in [0.717, 1.165) is 5.56 Å². The Morgan fingerprint density at radius 1 is 1.57 bits per heavy atom. The van der Waals surface area contributed by atoms with Gasteiger partial charge in [0.15, 0.2) is 0 Å². The van der Waals surface area contributed by atoms with E-state index in [1.165, 1.54) is 13.9 Å². The molecule has 2 aromatic heterocycles. The maximum Gasteiger partial charge on any atom is 0.335 e. The van der Waals surface area contributed by atoms with Gasteiger partial charge >= 0.3 is 5.69 Å². The van der Waals surface area contributed by atoms with Crippen molar-refractivity contribution in [1.29, 1.82) is 0 Å². The van der Waals surface area contributed by atoms with Gasteiger partial charge in [0.05, 0.1) is 12.7 Å². The van der Waals surface area contributed by atoms with Crippen molar-refractivity contribution in [1.82, 2.24) is 18.9 Å². The number of halogens is 2. The van der Waals surface area contributed by atoms with Gasteiger partial charge in [-0.2, -0.15) is 0 Å². The molecule has 1 fully saturated rings. The van der Waals surface area contributed by atoms with Crippen LogP contribution in [0.2, 0.25) is 0 Å². The van der Waals surface area contributed by atoms with Crippen LogP contribution in [0.4, 0.5) is 4.39 Å². The highest BCUT2D eigenvalue weighted by Gasteiger charge is 2.26. The van der Waals surface area contributed by atoms with E-state index in [0.29, 0.717) is 22.3 Å². The number of nitrogens with zero attached hydrogens (tertiary/aromatic N) is 4. The van der Waals surface area contributed by atoms with Crippen molar-refractivity contribution >= 4 is 34.1 Å². The SMILES string of the molecule is Cc1cn(CC(=O)N2CCC(F)C2)c(=O)n2c(I)cnc12. The van der Waals surface area contributed by atoms with E-state index < -0.39 is 6.17 Å². The van der Waals surface area contributed by atoms with Gasteiger partial charge in [-0.15, -0.1) is 0 Å². The molecule has 0 aromatic carbocycles. The summed E-state index contributed by atoms with van der Waals surface area (Å²) >= 11 is 2.03. The molecule has 1 unspecified atom stereocenters. The zero-order valence-electron chi connectivity index (χ0n) is 11.4. The summed E-state index contributed by atoms with van der Waals surface area (Å²) in [6, 6.07) is 0. The Kier molecular flexibility index (Phi) is 3.72. The molecule has 6 nitrogen and oxygen atoms in total. The summed E-state index contributed by atoms with van der Waals surface area (Å²) in [7, 11) is 0. The number of aromatic nitrogens is 3. The Morgan fingerprint density at radius 2 is 2.33 bits per heavy atom. The predicted molar refractivity (Wildman–Crippen MR) is 83.0 cm³/mol. The van der Waals surface area contributed by atoms with E-state index in [4.69, 9.17) is 0 Å². The van der Waals surface area contributed by atoms with E-state index in [1.54, 1.807) is 12.4 Å². The molecule has 1 saturated heterocycles. The van der Waals surface area contributed by atoms with Gasteiger partial charge in [-0.05, 0) is 35.9 Å². The molecule has 3 heterocycles. The summed E-state index contributed by atoms with van der Waals surface area (Å²) in [6.45, 7) is 2.30. The number of likely N-dealkylation sites (tertiary alicyclic amines) is 1. The van der Waals surface area contributed by atoms with Gasteiger partial charge in [-0.3, -0.25) is 9.36 Å². The highest BCUT2D eigenvalue weighted by Crippen LogP contribution is 2.13. The van der Waals surface area contributed by atoms with Crippen molar-refractivity contribution in [2.45, 2.75) is 26.1 Å². The normalized spacial score (nSPS) is 18.6. The third-order valence-corrected chi connectivity index (χ3v) is 4.41. The number of aryl methyl sites for hydroxylation is 1. The van der Waals surface area contributed by atoms with Crippen LogP contribution >= 0.6 is 22.6 Å². The number of alkyl halides is 1. The second kappa shape index (κ2) is 5.39. The predicted octanol–water partition coefficient (Wildman–Crippen LogP) is 0.979. The Labute approximate surface area is 133 Å². The Hall–Kier alpha value is -1.45. The third kappa shape index (κ3) is 2.56. The van der Waals surface area contributed by atoms with Crippen molar-refractivity contribution in [2.24, 2.45) is 0 Å². The smallest absolute Gasteiger partial charge is 0.335 e. The Bertz CT molecular complexity index is 769. The van der Waals surface area contributed by atoms with Gasteiger partial charge in [0, 0.05) is 18.3 Å². The fourth-order valence-corrected chi connectivity index (χ4v) is 3.14. The van der Waals surface area contributed by atoms with Crippen LogP contribution in [-0.2, 0) is 11.3 Å². The first-order chi connectivity index (χ1) is 9.97. The lowest BCUT2D eigenvalue weighted by molar-refractivity contribution is -0.131. The van der Waals surface area contributed by atoms with Crippen molar-refractivity contribution in [3.63, 3.8) is 0 Å². The second-order valence-corrected chi connectivity index (χ2v) is 6.29.